The minimum atomic E-state index is -0.908. The largest absolute Gasteiger partial charge is 0.491 e. The lowest BCUT2D eigenvalue weighted by atomic mass is 10.0. The lowest BCUT2D eigenvalue weighted by Gasteiger charge is -2.29. The number of hydrogen-bond donors (Lipinski definition) is 0. The van der Waals surface area contributed by atoms with Gasteiger partial charge in [0.15, 0.2) is 5.78 Å². The van der Waals surface area contributed by atoms with Gasteiger partial charge in [-0.2, -0.15) is 0 Å². The first-order valence-electron chi connectivity index (χ1n) is 11.3. The Hall–Kier alpha value is -3.74. The van der Waals surface area contributed by atoms with Crippen LogP contribution in [0.15, 0.2) is 97.6 Å². The van der Waals surface area contributed by atoms with Gasteiger partial charge in [0.1, 0.15) is 18.5 Å². The highest BCUT2D eigenvalue weighted by atomic mass is 16.8. The lowest BCUT2D eigenvalue weighted by molar-refractivity contribution is -0.189. The Bertz CT molecular complexity index is 1220. The van der Waals surface area contributed by atoms with E-state index >= 15 is 0 Å². The minimum absolute atomic E-state index is 0.0120. The number of hydrogen-bond acceptors (Lipinski definition) is 5. The number of ketones is 1. The first-order chi connectivity index (χ1) is 16.6. The number of rotatable bonds is 8. The summed E-state index contributed by atoms with van der Waals surface area (Å²) in [5, 5.41) is 0. The van der Waals surface area contributed by atoms with Crippen LogP contribution in [0.25, 0.3) is 0 Å². The fourth-order valence-electron chi connectivity index (χ4n) is 4.05. The summed E-state index contributed by atoms with van der Waals surface area (Å²) in [5.74, 6) is -0.244. The third-order valence-electron chi connectivity index (χ3n) is 5.89. The Labute approximate surface area is 198 Å². The fraction of sp³-hybridized carbons (Fsp3) is 0.214. The Morgan fingerprint density at radius 3 is 2.47 bits per heavy atom. The molecule has 6 heteroatoms. The highest BCUT2D eigenvalue weighted by Gasteiger charge is 2.44. The van der Waals surface area contributed by atoms with Gasteiger partial charge in [-0.05, 0) is 31.2 Å². The summed E-state index contributed by atoms with van der Waals surface area (Å²) < 4.78 is 20.6. The highest BCUT2D eigenvalue weighted by molar-refractivity contribution is 6.08. The van der Waals surface area contributed by atoms with Gasteiger partial charge in [-0.25, -0.2) is 4.98 Å². The zero-order valence-corrected chi connectivity index (χ0v) is 19.0. The van der Waals surface area contributed by atoms with Crippen molar-refractivity contribution in [2.75, 3.05) is 13.2 Å². The van der Waals surface area contributed by atoms with Gasteiger partial charge in [0, 0.05) is 29.1 Å². The van der Waals surface area contributed by atoms with Crippen molar-refractivity contribution in [1.29, 1.82) is 0 Å². The van der Waals surface area contributed by atoms with Crippen LogP contribution in [0.4, 0.5) is 0 Å². The first kappa shape index (κ1) is 22.1. The summed E-state index contributed by atoms with van der Waals surface area (Å²) in [6.45, 7) is 3.29. The molecular weight excluding hydrogens is 428 g/mol. The predicted molar refractivity (Wildman–Crippen MR) is 128 cm³/mol. The summed E-state index contributed by atoms with van der Waals surface area (Å²) in [4.78, 5) is 16.7. The number of benzene rings is 3. The van der Waals surface area contributed by atoms with Gasteiger partial charge in [0.2, 0.25) is 5.79 Å². The van der Waals surface area contributed by atoms with Gasteiger partial charge >= 0.3 is 0 Å². The van der Waals surface area contributed by atoms with E-state index in [9.17, 15) is 4.79 Å². The third-order valence-corrected chi connectivity index (χ3v) is 5.89. The SMILES string of the molecule is Cc1ccc([C@@]2(Cn3ccnc3)OC[C@@H](COc3ccc(C(=O)c4ccccc4)cc3)O2)cc1. The second-order valence-corrected chi connectivity index (χ2v) is 8.44. The Morgan fingerprint density at radius 1 is 1.03 bits per heavy atom. The van der Waals surface area contributed by atoms with Gasteiger partial charge in [0.05, 0.1) is 19.5 Å². The van der Waals surface area contributed by atoms with E-state index in [0.29, 0.717) is 36.6 Å². The number of imidazole rings is 1. The predicted octanol–water partition coefficient (Wildman–Crippen LogP) is 4.77. The molecule has 5 rings (SSSR count). The molecule has 1 saturated heterocycles. The number of aromatic nitrogens is 2. The molecule has 1 fully saturated rings. The van der Waals surface area contributed by atoms with Crippen LogP contribution >= 0.6 is 0 Å². The summed E-state index contributed by atoms with van der Waals surface area (Å²) in [5.41, 5.74) is 3.42. The van der Waals surface area contributed by atoms with Gasteiger partial charge < -0.3 is 18.8 Å². The topological polar surface area (TPSA) is 62.6 Å². The van der Waals surface area contributed by atoms with Crippen LogP contribution in [-0.2, 0) is 21.8 Å². The van der Waals surface area contributed by atoms with Crippen molar-refractivity contribution in [1.82, 2.24) is 9.55 Å². The minimum Gasteiger partial charge on any atom is -0.491 e. The van der Waals surface area contributed by atoms with Crippen LogP contribution in [0, 0.1) is 6.92 Å². The molecule has 172 valence electrons. The number of carbonyl (C=O) groups is 1. The standard InChI is InChI=1S/C28H26N2O4/c1-21-7-11-24(12-8-21)28(19-30-16-15-29-20-30)33-18-26(34-28)17-32-25-13-9-23(10-14-25)27(31)22-5-3-2-4-6-22/h2-16,20,26H,17-19H2,1H3/t26-,28+/m1/s1. The Morgan fingerprint density at radius 2 is 1.76 bits per heavy atom. The molecule has 2 heterocycles. The zero-order valence-electron chi connectivity index (χ0n) is 19.0. The third kappa shape index (κ3) is 4.78. The molecule has 1 aliphatic heterocycles. The maximum absolute atomic E-state index is 12.6. The van der Waals surface area contributed by atoms with Crippen LogP contribution in [0.3, 0.4) is 0 Å². The van der Waals surface area contributed by atoms with E-state index in [1.165, 1.54) is 5.56 Å². The number of carbonyl (C=O) groups excluding carboxylic acids is 1. The van der Waals surface area contributed by atoms with E-state index in [0.717, 1.165) is 5.56 Å². The van der Waals surface area contributed by atoms with Crippen molar-refractivity contribution in [2.24, 2.45) is 0 Å². The van der Waals surface area contributed by atoms with Gasteiger partial charge in [-0.15, -0.1) is 0 Å². The van der Waals surface area contributed by atoms with Gasteiger partial charge in [-0.1, -0.05) is 60.2 Å². The van der Waals surface area contributed by atoms with Crippen molar-refractivity contribution in [3.05, 3.63) is 120 Å². The van der Waals surface area contributed by atoms with Gasteiger partial charge in [-0.3, -0.25) is 4.79 Å². The van der Waals surface area contributed by atoms with Crippen LogP contribution in [0.2, 0.25) is 0 Å². The lowest BCUT2D eigenvalue weighted by Crippen LogP contribution is -2.34. The van der Waals surface area contributed by atoms with Crippen molar-refractivity contribution >= 4 is 5.78 Å². The molecule has 0 amide bonds. The molecule has 1 aromatic heterocycles. The molecule has 0 unspecified atom stereocenters. The molecule has 2 atom stereocenters. The smallest absolute Gasteiger partial charge is 0.214 e. The number of nitrogens with zero attached hydrogens (tertiary/aromatic N) is 2. The molecule has 3 aromatic carbocycles. The van der Waals surface area contributed by atoms with Gasteiger partial charge in [0.25, 0.3) is 0 Å². The Kier molecular flexibility index (Phi) is 6.25. The number of ether oxygens (including phenoxy) is 3. The molecule has 34 heavy (non-hydrogen) atoms. The summed E-state index contributed by atoms with van der Waals surface area (Å²) in [6, 6.07) is 24.6. The molecule has 0 saturated carbocycles. The van der Waals surface area contributed by atoms with Crippen molar-refractivity contribution in [3.63, 3.8) is 0 Å². The maximum Gasteiger partial charge on any atom is 0.214 e. The average Bonchev–Trinajstić information content (AvgIpc) is 3.54. The molecule has 6 nitrogen and oxygen atoms in total. The molecule has 4 aromatic rings. The van der Waals surface area contributed by atoms with Crippen LogP contribution < -0.4 is 4.74 Å². The molecule has 0 spiro atoms. The maximum atomic E-state index is 12.6. The highest BCUT2D eigenvalue weighted by Crippen LogP contribution is 2.36. The average molecular weight is 455 g/mol. The van der Waals surface area contributed by atoms with Crippen molar-refractivity contribution in [2.45, 2.75) is 25.4 Å². The van der Waals surface area contributed by atoms with E-state index in [-0.39, 0.29) is 11.9 Å². The van der Waals surface area contributed by atoms with E-state index in [1.54, 1.807) is 24.7 Å². The zero-order chi connectivity index (χ0) is 23.4. The van der Waals surface area contributed by atoms with Crippen molar-refractivity contribution in [3.8, 4) is 5.75 Å². The Balaban J connectivity index is 1.25. The first-order valence-corrected chi connectivity index (χ1v) is 11.3. The van der Waals surface area contributed by atoms with Crippen LogP contribution in [-0.4, -0.2) is 34.7 Å². The fourth-order valence-corrected chi connectivity index (χ4v) is 4.05. The molecule has 0 radical (unpaired) electrons. The summed E-state index contributed by atoms with van der Waals surface area (Å²) in [6.07, 6.45) is 5.15. The monoisotopic (exact) mass is 454 g/mol. The summed E-state index contributed by atoms with van der Waals surface area (Å²) in [7, 11) is 0. The summed E-state index contributed by atoms with van der Waals surface area (Å²) >= 11 is 0. The number of aryl methyl sites for hydroxylation is 1. The van der Waals surface area contributed by atoms with E-state index in [1.807, 2.05) is 65.4 Å². The van der Waals surface area contributed by atoms with E-state index < -0.39 is 5.79 Å². The second-order valence-electron chi connectivity index (χ2n) is 8.44. The molecule has 0 aliphatic carbocycles. The second kappa shape index (κ2) is 9.63. The molecule has 0 N–H and O–H groups in total. The van der Waals surface area contributed by atoms with E-state index in [2.05, 4.69) is 24.0 Å². The van der Waals surface area contributed by atoms with E-state index in [4.69, 9.17) is 14.2 Å². The van der Waals surface area contributed by atoms with Crippen LogP contribution in [0.1, 0.15) is 27.0 Å². The molecular formula is C28H26N2O4. The van der Waals surface area contributed by atoms with Crippen LogP contribution in [0.5, 0.6) is 5.75 Å². The normalized spacial score (nSPS) is 19.7. The molecule has 0 bridgehead atoms. The van der Waals surface area contributed by atoms with Crippen molar-refractivity contribution < 1.29 is 19.0 Å². The molecule has 1 aliphatic rings. The quantitative estimate of drug-likeness (QED) is 0.359.